The summed E-state index contributed by atoms with van der Waals surface area (Å²) >= 11 is 0. The van der Waals surface area contributed by atoms with Gasteiger partial charge in [-0.3, -0.25) is 0 Å². The van der Waals surface area contributed by atoms with Crippen molar-refractivity contribution < 1.29 is 5.11 Å². The summed E-state index contributed by atoms with van der Waals surface area (Å²) in [6, 6.07) is 6.03. The molecular weight excluding hydrogens is 256 g/mol. The third-order valence-electron chi connectivity index (χ3n) is 4.18. The van der Waals surface area contributed by atoms with Crippen molar-refractivity contribution in [2.45, 2.75) is 79.1 Å². The molecule has 0 spiro atoms. The first-order valence-electron chi connectivity index (χ1n) is 8.80. The molecule has 1 nitrogen and oxygen atoms in total. The molecule has 0 aromatic heterocycles. The van der Waals surface area contributed by atoms with Crippen LogP contribution in [0.15, 0.2) is 18.2 Å². The maximum Gasteiger partial charge on any atom is 0.119 e. The van der Waals surface area contributed by atoms with E-state index in [0.717, 1.165) is 24.7 Å². The largest absolute Gasteiger partial charge is 0.508 e. The van der Waals surface area contributed by atoms with E-state index in [1.807, 2.05) is 12.1 Å². The zero-order chi connectivity index (χ0) is 15.7. The van der Waals surface area contributed by atoms with Crippen molar-refractivity contribution in [2.24, 2.45) is 11.8 Å². The summed E-state index contributed by atoms with van der Waals surface area (Å²) in [6.07, 6.45) is 9.72. The average molecular weight is 290 g/mol. The van der Waals surface area contributed by atoms with Crippen molar-refractivity contribution in [1.82, 2.24) is 0 Å². The van der Waals surface area contributed by atoms with Crippen LogP contribution in [0, 0.1) is 11.8 Å². The third-order valence-corrected chi connectivity index (χ3v) is 4.18. The van der Waals surface area contributed by atoms with Gasteiger partial charge >= 0.3 is 0 Å². The first-order valence-corrected chi connectivity index (χ1v) is 8.80. The Bertz CT molecular complexity index is 393. The lowest BCUT2D eigenvalue weighted by atomic mass is 9.94. The molecule has 0 aliphatic heterocycles. The topological polar surface area (TPSA) is 20.2 Å². The van der Waals surface area contributed by atoms with Gasteiger partial charge < -0.3 is 5.11 Å². The van der Waals surface area contributed by atoms with Crippen LogP contribution in [-0.2, 0) is 12.8 Å². The van der Waals surface area contributed by atoms with Gasteiger partial charge in [0.2, 0.25) is 0 Å². The lowest BCUT2D eigenvalue weighted by Gasteiger charge is -2.12. The van der Waals surface area contributed by atoms with Gasteiger partial charge in [-0.2, -0.15) is 0 Å². The highest BCUT2D eigenvalue weighted by Gasteiger charge is 2.08. The molecule has 0 fully saturated rings. The Kier molecular flexibility index (Phi) is 8.49. The number of rotatable bonds is 10. The van der Waals surface area contributed by atoms with Crippen molar-refractivity contribution in [3.63, 3.8) is 0 Å². The molecule has 1 heteroatoms. The zero-order valence-corrected chi connectivity index (χ0v) is 14.5. The van der Waals surface area contributed by atoms with Crippen LogP contribution in [0.5, 0.6) is 5.75 Å². The molecule has 0 radical (unpaired) electrons. The van der Waals surface area contributed by atoms with Gasteiger partial charge in [0.25, 0.3) is 0 Å². The fourth-order valence-electron chi connectivity index (χ4n) is 2.87. The van der Waals surface area contributed by atoms with Crippen molar-refractivity contribution in [3.8, 4) is 5.75 Å². The van der Waals surface area contributed by atoms with Gasteiger partial charge in [-0.25, -0.2) is 0 Å². The van der Waals surface area contributed by atoms with E-state index in [1.54, 1.807) is 0 Å². The summed E-state index contributed by atoms with van der Waals surface area (Å²) in [6.45, 7) is 9.13. The van der Waals surface area contributed by atoms with E-state index in [2.05, 4.69) is 33.8 Å². The van der Waals surface area contributed by atoms with Gasteiger partial charge in [-0.1, -0.05) is 65.5 Å². The summed E-state index contributed by atoms with van der Waals surface area (Å²) in [5.41, 5.74) is 2.56. The minimum Gasteiger partial charge on any atom is -0.508 e. The fraction of sp³-hybridized carbons (Fsp3) is 0.700. The Balaban J connectivity index is 2.48. The van der Waals surface area contributed by atoms with Crippen LogP contribution >= 0.6 is 0 Å². The molecule has 0 bridgehead atoms. The Labute approximate surface area is 131 Å². The summed E-state index contributed by atoms with van der Waals surface area (Å²) in [7, 11) is 0. The van der Waals surface area contributed by atoms with Crippen molar-refractivity contribution in [2.75, 3.05) is 0 Å². The first-order chi connectivity index (χ1) is 10.0. The number of phenolic OH excluding ortho intramolecular Hbond substituents is 1. The van der Waals surface area contributed by atoms with E-state index in [-0.39, 0.29) is 0 Å². The van der Waals surface area contributed by atoms with Crippen LogP contribution in [0.1, 0.15) is 77.3 Å². The molecule has 0 heterocycles. The summed E-state index contributed by atoms with van der Waals surface area (Å²) in [5, 5.41) is 10.1. The second-order valence-corrected chi connectivity index (χ2v) is 7.19. The molecule has 21 heavy (non-hydrogen) atoms. The zero-order valence-electron chi connectivity index (χ0n) is 14.5. The van der Waals surface area contributed by atoms with E-state index >= 15 is 0 Å². The molecular formula is C20H34O. The Morgan fingerprint density at radius 1 is 0.810 bits per heavy atom. The maximum atomic E-state index is 10.1. The maximum absolute atomic E-state index is 10.1. The van der Waals surface area contributed by atoms with Crippen LogP contribution in [-0.4, -0.2) is 5.11 Å². The van der Waals surface area contributed by atoms with Gasteiger partial charge in [0, 0.05) is 0 Å². The molecule has 1 N–H and O–H groups in total. The fourth-order valence-corrected chi connectivity index (χ4v) is 2.87. The molecule has 0 saturated carbocycles. The van der Waals surface area contributed by atoms with Gasteiger partial charge in [0.15, 0.2) is 0 Å². The van der Waals surface area contributed by atoms with Crippen LogP contribution in [0.2, 0.25) is 0 Å². The summed E-state index contributed by atoms with van der Waals surface area (Å²) in [5.74, 6) is 2.08. The molecule has 0 saturated heterocycles. The molecule has 0 amide bonds. The second-order valence-electron chi connectivity index (χ2n) is 7.19. The first kappa shape index (κ1) is 18.1. The van der Waals surface area contributed by atoms with Gasteiger partial charge in [0.1, 0.15) is 5.75 Å². The van der Waals surface area contributed by atoms with Crippen molar-refractivity contribution >= 4 is 0 Å². The highest BCUT2D eigenvalue weighted by molar-refractivity contribution is 5.39. The standard InChI is InChI=1S/C20H34O/c1-16(2)10-5-7-12-18-13-9-15-20(21)19(18)14-8-6-11-17(3)4/h9,13,15-17,21H,5-8,10-12,14H2,1-4H3. The van der Waals surface area contributed by atoms with E-state index in [9.17, 15) is 5.11 Å². The molecule has 1 rings (SSSR count). The number of aromatic hydroxyl groups is 1. The Morgan fingerprint density at radius 3 is 1.95 bits per heavy atom. The van der Waals surface area contributed by atoms with Gasteiger partial charge in [0.05, 0.1) is 0 Å². The molecule has 1 aromatic carbocycles. The van der Waals surface area contributed by atoms with Crippen LogP contribution < -0.4 is 0 Å². The predicted octanol–water partition coefficient (Wildman–Crippen LogP) is 6.13. The van der Waals surface area contributed by atoms with Crippen molar-refractivity contribution in [1.29, 1.82) is 0 Å². The van der Waals surface area contributed by atoms with Crippen LogP contribution in [0.3, 0.4) is 0 Å². The molecule has 0 aliphatic carbocycles. The van der Waals surface area contributed by atoms with E-state index in [1.165, 1.54) is 49.7 Å². The number of unbranched alkanes of at least 4 members (excludes halogenated alkanes) is 2. The minimum atomic E-state index is 0.501. The Hall–Kier alpha value is -0.980. The van der Waals surface area contributed by atoms with Crippen molar-refractivity contribution in [3.05, 3.63) is 29.3 Å². The molecule has 0 atom stereocenters. The number of benzene rings is 1. The van der Waals surface area contributed by atoms with Gasteiger partial charge in [-0.05, 0) is 54.7 Å². The molecule has 1 aromatic rings. The smallest absolute Gasteiger partial charge is 0.119 e. The Morgan fingerprint density at radius 2 is 1.38 bits per heavy atom. The van der Waals surface area contributed by atoms with E-state index in [0.29, 0.717) is 5.75 Å². The lowest BCUT2D eigenvalue weighted by molar-refractivity contribution is 0.462. The normalized spacial score (nSPS) is 11.5. The number of hydrogen-bond acceptors (Lipinski definition) is 1. The van der Waals surface area contributed by atoms with Crippen LogP contribution in [0.25, 0.3) is 0 Å². The van der Waals surface area contributed by atoms with Gasteiger partial charge in [-0.15, -0.1) is 0 Å². The predicted molar refractivity (Wildman–Crippen MR) is 92.9 cm³/mol. The highest BCUT2D eigenvalue weighted by Crippen LogP contribution is 2.25. The monoisotopic (exact) mass is 290 g/mol. The SMILES string of the molecule is CC(C)CCCCc1cccc(O)c1CCCCC(C)C. The van der Waals surface area contributed by atoms with E-state index < -0.39 is 0 Å². The second kappa shape index (κ2) is 9.87. The quantitative estimate of drug-likeness (QED) is 0.514. The number of hydrogen-bond donors (Lipinski definition) is 1. The average Bonchev–Trinajstić information content (AvgIpc) is 2.41. The highest BCUT2D eigenvalue weighted by atomic mass is 16.3. The summed E-state index contributed by atoms with van der Waals surface area (Å²) in [4.78, 5) is 0. The lowest BCUT2D eigenvalue weighted by Crippen LogP contribution is -1.97. The van der Waals surface area contributed by atoms with Crippen LogP contribution in [0.4, 0.5) is 0 Å². The molecule has 120 valence electrons. The third kappa shape index (κ3) is 7.55. The molecule has 0 unspecified atom stereocenters. The minimum absolute atomic E-state index is 0.501. The number of phenols is 1. The summed E-state index contributed by atoms with van der Waals surface area (Å²) < 4.78 is 0. The van der Waals surface area contributed by atoms with E-state index in [4.69, 9.17) is 0 Å². The number of aryl methyl sites for hydroxylation is 1. The molecule has 0 aliphatic rings.